The van der Waals surface area contributed by atoms with Gasteiger partial charge in [-0.15, -0.1) is 0 Å². The van der Waals surface area contributed by atoms with Gasteiger partial charge in [-0.25, -0.2) is 4.79 Å². The van der Waals surface area contributed by atoms with Crippen LogP contribution in [0.25, 0.3) is 0 Å². The lowest BCUT2D eigenvalue weighted by molar-refractivity contribution is 0.0458. The zero-order chi connectivity index (χ0) is 19.3. The van der Waals surface area contributed by atoms with Gasteiger partial charge < -0.3 is 10.5 Å². The second-order valence-electron chi connectivity index (χ2n) is 6.97. The van der Waals surface area contributed by atoms with E-state index in [9.17, 15) is 9.59 Å². The second-order valence-corrected chi connectivity index (χ2v) is 7.40. The first kappa shape index (κ1) is 19.9. The maximum absolute atomic E-state index is 12.9. The average molecular weight is 375 g/mol. The predicted molar refractivity (Wildman–Crippen MR) is 101 cm³/mol. The number of primary amides is 1. The molecule has 2 N–H and O–H groups in total. The molecule has 0 bridgehead atoms. The van der Waals surface area contributed by atoms with E-state index in [0.29, 0.717) is 23.6 Å². The van der Waals surface area contributed by atoms with Crippen LogP contribution in [0.15, 0.2) is 42.6 Å². The van der Waals surface area contributed by atoms with Gasteiger partial charge in [0.15, 0.2) is 5.78 Å². The molecular weight excluding hydrogens is 352 g/mol. The van der Waals surface area contributed by atoms with E-state index in [1.165, 1.54) is 0 Å². The van der Waals surface area contributed by atoms with Gasteiger partial charge in [0.05, 0.1) is 0 Å². The SMILES string of the molecule is CC(Cc1cccc(Cl)c1)C(=O)c1ncccc1CC(C)(C)OC(N)=O. The Morgan fingerprint density at radius 3 is 2.65 bits per heavy atom. The third kappa shape index (κ3) is 5.56. The predicted octanol–water partition coefficient (Wildman–Crippen LogP) is 4.21. The number of halogens is 1. The van der Waals surface area contributed by atoms with E-state index in [2.05, 4.69) is 4.98 Å². The van der Waals surface area contributed by atoms with Crippen LogP contribution in [0, 0.1) is 5.92 Å². The van der Waals surface area contributed by atoms with E-state index >= 15 is 0 Å². The van der Waals surface area contributed by atoms with E-state index in [-0.39, 0.29) is 11.7 Å². The molecular formula is C20H23ClN2O3. The topological polar surface area (TPSA) is 82.3 Å². The number of pyridine rings is 1. The van der Waals surface area contributed by atoms with Crippen LogP contribution in [0.3, 0.4) is 0 Å². The summed E-state index contributed by atoms with van der Waals surface area (Å²) in [6, 6.07) is 11.0. The number of nitrogens with two attached hydrogens (primary N) is 1. The van der Waals surface area contributed by atoms with Crippen molar-refractivity contribution in [1.29, 1.82) is 0 Å². The van der Waals surface area contributed by atoms with Gasteiger partial charge in [0, 0.05) is 23.6 Å². The first-order valence-corrected chi connectivity index (χ1v) is 8.77. The van der Waals surface area contributed by atoms with E-state index in [0.717, 1.165) is 11.1 Å². The number of nitrogens with zero attached hydrogens (tertiary/aromatic N) is 1. The number of hydrogen-bond acceptors (Lipinski definition) is 4. The number of ketones is 1. The van der Waals surface area contributed by atoms with Crippen molar-refractivity contribution < 1.29 is 14.3 Å². The summed E-state index contributed by atoms with van der Waals surface area (Å²) in [4.78, 5) is 28.3. The monoisotopic (exact) mass is 374 g/mol. The van der Waals surface area contributed by atoms with Crippen molar-refractivity contribution in [2.45, 2.75) is 39.2 Å². The van der Waals surface area contributed by atoms with Crippen LogP contribution in [0.1, 0.15) is 42.4 Å². The molecule has 0 spiro atoms. The van der Waals surface area contributed by atoms with Crippen molar-refractivity contribution in [3.63, 3.8) is 0 Å². The molecule has 1 amide bonds. The summed E-state index contributed by atoms with van der Waals surface area (Å²) in [6.07, 6.45) is 1.65. The van der Waals surface area contributed by atoms with Crippen LogP contribution >= 0.6 is 11.6 Å². The molecule has 1 aromatic carbocycles. The second kappa shape index (κ2) is 8.32. The quantitative estimate of drug-likeness (QED) is 0.736. The fourth-order valence-electron chi connectivity index (χ4n) is 2.91. The number of hydrogen-bond donors (Lipinski definition) is 1. The Morgan fingerprint density at radius 1 is 1.27 bits per heavy atom. The summed E-state index contributed by atoms with van der Waals surface area (Å²) in [5.74, 6) is -0.322. The van der Waals surface area contributed by atoms with Gasteiger partial charge in [0.25, 0.3) is 0 Å². The average Bonchev–Trinajstić information content (AvgIpc) is 2.53. The number of amides is 1. The number of Topliss-reactive ketones (excluding diaryl/α,β-unsaturated/α-hetero) is 1. The molecule has 0 aliphatic carbocycles. The highest BCUT2D eigenvalue weighted by Gasteiger charge is 2.27. The van der Waals surface area contributed by atoms with Gasteiger partial charge >= 0.3 is 6.09 Å². The van der Waals surface area contributed by atoms with Crippen LogP contribution in [-0.4, -0.2) is 22.5 Å². The van der Waals surface area contributed by atoms with E-state index in [1.807, 2.05) is 31.2 Å². The molecule has 2 rings (SSSR count). The van der Waals surface area contributed by atoms with Gasteiger partial charge in [-0.05, 0) is 49.6 Å². The summed E-state index contributed by atoms with van der Waals surface area (Å²) in [5, 5.41) is 0.644. The summed E-state index contributed by atoms with van der Waals surface area (Å²) >= 11 is 6.02. The third-order valence-corrected chi connectivity index (χ3v) is 4.23. The Bertz CT molecular complexity index is 805. The number of rotatable bonds is 7. The van der Waals surface area contributed by atoms with Gasteiger partial charge in [-0.3, -0.25) is 9.78 Å². The highest BCUT2D eigenvalue weighted by Crippen LogP contribution is 2.22. The zero-order valence-corrected chi connectivity index (χ0v) is 15.9. The molecule has 5 nitrogen and oxygen atoms in total. The number of benzene rings is 1. The maximum Gasteiger partial charge on any atom is 0.405 e. The lowest BCUT2D eigenvalue weighted by Gasteiger charge is -2.25. The van der Waals surface area contributed by atoms with E-state index < -0.39 is 11.7 Å². The van der Waals surface area contributed by atoms with Gasteiger partial charge in [0.2, 0.25) is 0 Å². The van der Waals surface area contributed by atoms with E-state index in [4.69, 9.17) is 22.1 Å². The molecule has 2 aromatic rings. The normalized spacial score (nSPS) is 12.5. The number of carbonyl (C=O) groups is 2. The molecule has 1 aromatic heterocycles. The van der Waals surface area contributed by atoms with Crippen LogP contribution in [0.2, 0.25) is 5.02 Å². The molecule has 0 saturated heterocycles. The largest absolute Gasteiger partial charge is 0.443 e. The van der Waals surface area contributed by atoms with Crippen LogP contribution in [0.5, 0.6) is 0 Å². The third-order valence-electron chi connectivity index (χ3n) is 4.00. The minimum absolute atomic E-state index is 0.0598. The molecule has 1 atom stereocenters. The Labute approximate surface area is 158 Å². The van der Waals surface area contributed by atoms with Gasteiger partial charge in [-0.1, -0.05) is 36.7 Å². The van der Waals surface area contributed by atoms with Crippen LogP contribution < -0.4 is 5.73 Å². The standard InChI is InChI=1S/C20H23ClN2O3/c1-13(10-14-6-4-8-16(21)11-14)18(24)17-15(7-5-9-23-17)12-20(2,3)26-19(22)25/h4-9,11,13H,10,12H2,1-3H3,(H2,22,25). The highest BCUT2D eigenvalue weighted by molar-refractivity contribution is 6.30. The molecule has 0 fully saturated rings. The number of carbonyl (C=O) groups excluding carboxylic acids is 2. The summed E-state index contributed by atoms with van der Waals surface area (Å²) in [7, 11) is 0. The smallest absolute Gasteiger partial charge is 0.405 e. The van der Waals surface area contributed by atoms with Gasteiger partial charge in [-0.2, -0.15) is 0 Å². The first-order valence-electron chi connectivity index (χ1n) is 8.39. The maximum atomic E-state index is 12.9. The van der Waals surface area contributed by atoms with Crippen molar-refractivity contribution in [1.82, 2.24) is 4.98 Å². The molecule has 0 saturated carbocycles. The number of ether oxygens (including phenoxy) is 1. The lowest BCUT2D eigenvalue weighted by Crippen LogP contribution is -2.34. The van der Waals surface area contributed by atoms with Crippen LogP contribution in [-0.2, 0) is 17.6 Å². The molecule has 26 heavy (non-hydrogen) atoms. The number of aromatic nitrogens is 1. The van der Waals surface area contributed by atoms with Crippen molar-refractivity contribution in [2.75, 3.05) is 0 Å². The Balaban J connectivity index is 2.19. The summed E-state index contributed by atoms with van der Waals surface area (Å²) in [6.45, 7) is 5.36. The van der Waals surface area contributed by atoms with Crippen molar-refractivity contribution in [2.24, 2.45) is 11.7 Å². The first-order chi connectivity index (χ1) is 12.2. The molecule has 1 heterocycles. The Morgan fingerprint density at radius 2 is 2.00 bits per heavy atom. The van der Waals surface area contributed by atoms with Crippen molar-refractivity contribution in [3.05, 3.63) is 64.4 Å². The molecule has 138 valence electrons. The molecule has 0 aliphatic rings. The highest BCUT2D eigenvalue weighted by atomic mass is 35.5. The van der Waals surface area contributed by atoms with Crippen molar-refractivity contribution >= 4 is 23.5 Å². The van der Waals surface area contributed by atoms with Crippen molar-refractivity contribution in [3.8, 4) is 0 Å². The Hall–Kier alpha value is -2.40. The minimum atomic E-state index is -0.846. The Kier molecular flexibility index (Phi) is 6.37. The molecule has 1 unspecified atom stereocenters. The fraction of sp³-hybridized carbons (Fsp3) is 0.350. The fourth-order valence-corrected chi connectivity index (χ4v) is 3.13. The molecule has 6 heteroatoms. The molecule has 0 aliphatic heterocycles. The minimum Gasteiger partial charge on any atom is -0.443 e. The van der Waals surface area contributed by atoms with Gasteiger partial charge in [0.1, 0.15) is 11.3 Å². The summed E-state index contributed by atoms with van der Waals surface area (Å²) < 4.78 is 5.13. The van der Waals surface area contributed by atoms with E-state index in [1.54, 1.807) is 32.2 Å². The lowest BCUT2D eigenvalue weighted by atomic mass is 9.90. The summed E-state index contributed by atoms with van der Waals surface area (Å²) in [5.41, 5.74) is 6.40. The zero-order valence-electron chi connectivity index (χ0n) is 15.2. The van der Waals surface area contributed by atoms with Crippen LogP contribution in [0.4, 0.5) is 4.79 Å². The molecule has 0 radical (unpaired) electrons.